The van der Waals surface area contributed by atoms with Crippen molar-refractivity contribution >= 4 is 17.7 Å². The summed E-state index contributed by atoms with van der Waals surface area (Å²) in [5.74, 6) is 0.983. The van der Waals surface area contributed by atoms with E-state index in [0.717, 1.165) is 47.7 Å². The Balaban J connectivity index is 1.85. The van der Waals surface area contributed by atoms with Gasteiger partial charge in [-0.1, -0.05) is 36.9 Å². The van der Waals surface area contributed by atoms with E-state index in [9.17, 15) is 9.18 Å². The van der Waals surface area contributed by atoms with Crippen LogP contribution in [0.15, 0.2) is 49.0 Å². The molecule has 0 saturated carbocycles. The molecule has 4 rings (SSSR count). The molecule has 2 aliphatic rings. The Morgan fingerprint density at radius 2 is 2.15 bits per heavy atom. The summed E-state index contributed by atoms with van der Waals surface area (Å²) in [7, 11) is 0. The number of nitrogens with one attached hydrogen (secondary N) is 1. The lowest BCUT2D eigenvalue weighted by Crippen LogP contribution is -2.50. The van der Waals surface area contributed by atoms with Crippen LogP contribution in [-0.4, -0.2) is 25.2 Å². The van der Waals surface area contributed by atoms with Crippen LogP contribution in [-0.2, 0) is 4.79 Å². The molecule has 0 aliphatic carbocycles. The highest BCUT2D eigenvalue weighted by atomic mass is 19.1. The van der Waals surface area contributed by atoms with Gasteiger partial charge in [0.2, 0.25) is 0 Å². The third-order valence-electron chi connectivity index (χ3n) is 5.08. The quantitative estimate of drug-likeness (QED) is 0.899. The van der Waals surface area contributed by atoms with E-state index >= 15 is 0 Å². The van der Waals surface area contributed by atoms with Crippen LogP contribution in [0.2, 0.25) is 0 Å². The number of para-hydroxylation sites is 1. The summed E-state index contributed by atoms with van der Waals surface area (Å²) >= 11 is 0. The predicted molar refractivity (Wildman–Crippen MR) is 100 cm³/mol. The van der Waals surface area contributed by atoms with Gasteiger partial charge in [-0.25, -0.2) is 4.39 Å². The molecule has 4 nitrogen and oxygen atoms in total. The van der Waals surface area contributed by atoms with Crippen LogP contribution in [0.25, 0.3) is 6.08 Å². The Kier molecular flexibility index (Phi) is 4.37. The third kappa shape index (κ3) is 2.83. The van der Waals surface area contributed by atoms with E-state index in [1.807, 2.05) is 36.4 Å². The maximum Gasteiger partial charge on any atom is 0.251 e. The highest BCUT2D eigenvalue weighted by Crippen LogP contribution is 2.47. The van der Waals surface area contributed by atoms with Crippen LogP contribution in [0.5, 0.6) is 11.5 Å². The normalized spacial score (nSPS) is 20.7. The van der Waals surface area contributed by atoms with E-state index in [1.54, 1.807) is 6.08 Å². The number of fused-ring (bicyclic) bond motifs is 5. The number of rotatable bonds is 3. The van der Waals surface area contributed by atoms with Crippen molar-refractivity contribution in [2.24, 2.45) is 0 Å². The lowest BCUT2D eigenvalue weighted by Gasteiger charge is -2.42. The van der Waals surface area contributed by atoms with E-state index in [4.69, 9.17) is 4.74 Å². The molecule has 2 aromatic carbocycles. The number of anilines is 1. The second-order valence-corrected chi connectivity index (χ2v) is 6.66. The number of piperidine rings is 1. The van der Waals surface area contributed by atoms with E-state index in [-0.39, 0.29) is 12.1 Å². The number of nitrogens with zero attached hydrogens (tertiary/aromatic N) is 1. The van der Waals surface area contributed by atoms with Gasteiger partial charge in [-0.15, -0.1) is 0 Å². The first kappa shape index (κ1) is 16.6. The van der Waals surface area contributed by atoms with Gasteiger partial charge in [0.1, 0.15) is 5.75 Å². The molecule has 1 fully saturated rings. The van der Waals surface area contributed by atoms with Gasteiger partial charge >= 0.3 is 0 Å². The molecule has 5 heteroatoms. The number of hydrogen-bond donors (Lipinski definition) is 1. The first-order chi connectivity index (χ1) is 12.7. The number of carbonyl (C=O) groups excluding carboxylic acids is 1. The topological polar surface area (TPSA) is 41.6 Å². The molecule has 0 spiro atoms. The van der Waals surface area contributed by atoms with Crippen molar-refractivity contribution in [3.63, 3.8) is 0 Å². The summed E-state index contributed by atoms with van der Waals surface area (Å²) in [6, 6.07) is 13.6. The number of hydrogen-bond acceptors (Lipinski definition) is 3. The number of alkyl halides is 1. The maximum atomic E-state index is 12.8. The summed E-state index contributed by atoms with van der Waals surface area (Å²) in [4.78, 5) is 14.0. The number of ether oxygens (including phenoxy) is 1. The average molecular weight is 352 g/mol. The number of halogens is 1. The molecule has 0 bridgehead atoms. The standard InChI is InChI=1S/C21H21FN2O2/c1-2-14-9-10-19-17(12-14)24-11-5-7-16(23-20(25)13-22)21(24)15-6-3-4-8-18(15)26-19/h2-4,6,8-10,12,16,21H,1,5,7,11,13H2,(H,23,25)/t16-,21+/m0/s1. The molecule has 0 radical (unpaired) electrons. The van der Waals surface area contributed by atoms with Crippen molar-refractivity contribution in [3.05, 3.63) is 60.2 Å². The number of carbonyl (C=O) groups is 1. The van der Waals surface area contributed by atoms with Crippen LogP contribution in [0.4, 0.5) is 10.1 Å². The van der Waals surface area contributed by atoms with Crippen LogP contribution in [0.1, 0.15) is 30.0 Å². The van der Waals surface area contributed by atoms with Crippen molar-refractivity contribution in [2.45, 2.75) is 24.9 Å². The molecule has 134 valence electrons. The minimum absolute atomic E-state index is 0.100. The highest BCUT2D eigenvalue weighted by molar-refractivity contribution is 5.78. The third-order valence-corrected chi connectivity index (χ3v) is 5.08. The molecule has 1 N–H and O–H groups in total. The van der Waals surface area contributed by atoms with Crippen LogP contribution in [0.3, 0.4) is 0 Å². The summed E-state index contributed by atoms with van der Waals surface area (Å²) in [5, 5.41) is 2.86. The average Bonchev–Trinajstić information content (AvgIpc) is 2.82. The number of amides is 1. The molecule has 0 aromatic heterocycles. The largest absolute Gasteiger partial charge is 0.455 e. The Labute approximate surface area is 152 Å². The summed E-state index contributed by atoms with van der Waals surface area (Å²) in [6.45, 7) is 3.70. The minimum Gasteiger partial charge on any atom is -0.455 e. The van der Waals surface area contributed by atoms with Gasteiger partial charge < -0.3 is 15.0 Å². The molecule has 2 heterocycles. The molecule has 0 unspecified atom stereocenters. The van der Waals surface area contributed by atoms with Crippen molar-refractivity contribution in [2.75, 3.05) is 18.1 Å². The second-order valence-electron chi connectivity index (χ2n) is 6.66. The Bertz CT molecular complexity index is 852. The monoisotopic (exact) mass is 352 g/mol. The van der Waals surface area contributed by atoms with Gasteiger partial charge in [0.15, 0.2) is 12.4 Å². The fourth-order valence-electron chi connectivity index (χ4n) is 3.96. The Hall–Kier alpha value is -2.82. The fraction of sp³-hybridized carbons (Fsp3) is 0.286. The molecule has 1 amide bonds. The van der Waals surface area contributed by atoms with Crippen LogP contribution < -0.4 is 15.0 Å². The molecular weight excluding hydrogens is 331 g/mol. The smallest absolute Gasteiger partial charge is 0.251 e. The summed E-state index contributed by atoms with van der Waals surface area (Å²) < 4.78 is 19.0. The zero-order valence-electron chi connectivity index (χ0n) is 14.5. The van der Waals surface area contributed by atoms with Gasteiger partial charge in [0.25, 0.3) is 5.91 Å². The van der Waals surface area contributed by atoms with Crippen LogP contribution in [0, 0.1) is 0 Å². The molecule has 2 atom stereocenters. The highest BCUT2D eigenvalue weighted by Gasteiger charge is 2.38. The molecule has 1 saturated heterocycles. The summed E-state index contributed by atoms with van der Waals surface area (Å²) in [5.41, 5.74) is 2.99. The summed E-state index contributed by atoms with van der Waals surface area (Å²) in [6.07, 6.45) is 3.52. The van der Waals surface area contributed by atoms with Crippen molar-refractivity contribution in [1.29, 1.82) is 0 Å². The molecular formula is C21H21FN2O2. The fourth-order valence-corrected chi connectivity index (χ4v) is 3.96. The van der Waals surface area contributed by atoms with Gasteiger partial charge in [-0.05, 0) is 36.6 Å². The van der Waals surface area contributed by atoms with Crippen molar-refractivity contribution < 1.29 is 13.9 Å². The molecule has 26 heavy (non-hydrogen) atoms. The Morgan fingerprint density at radius 3 is 2.96 bits per heavy atom. The zero-order chi connectivity index (χ0) is 18.1. The van der Waals surface area contributed by atoms with Crippen molar-refractivity contribution in [1.82, 2.24) is 5.32 Å². The lowest BCUT2D eigenvalue weighted by molar-refractivity contribution is -0.122. The zero-order valence-corrected chi connectivity index (χ0v) is 14.5. The first-order valence-corrected chi connectivity index (χ1v) is 8.86. The van der Waals surface area contributed by atoms with E-state index < -0.39 is 12.6 Å². The van der Waals surface area contributed by atoms with Gasteiger partial charge in [0, 0.05) is 12.1 Å². The number of benzene rings is 2. The van der Waals surface area contributed by atoms with E-state index in [0.29, 0.717) is 0 Å². The van der Waals surface area contributed by atoms with Gasteiger partial charge in [-0.3, -0.25) is 4.79 Å². The van der Waals surface area contributed by atoms with Crippen molar-refractivity contribution in [3.8, 4) is 11.5 Å². The lowest BCUT2D eigenvalue weighted by atomic mass is 9.89. The first-order valence-electron chi connectivity index (χ1n) is 8.86. The van der Waals surface area contributed by atoms with Gasteiger partial charge in [0.05, 0.1) is 17.8 Å². The molecule has 2 aliphatic heterocycles. The second kappa shape index (κ2) is 6.83. The van der Waals surface area contributed by atoms with Gasteiger partial charge in [-0.2, -0.15) is 0 Å². The molecule has 2 aromatic rings. The SMILES string of the molecule is C=Cc1ccc2c(c1)N1CCC[C@H](NC(=O)CF)[C@H]1c1ccccc1O2. The maximum absolute atomic E-state index is 12.8. The minimum atomic E-state index is -1.00. The van der Waals surface area contributed by atoms with E-state index in [1.165, 1.54) is 0 Å². The van der Waals surface area contributed by atoms with Crippen LogP contribution >= 0.6 is 0 Å². The predicted octanol–water partition coefficient (Wildman–Crippen LogP) is 4.23. The van der Waals surface area contributed by atoms with E-state index in [2.05, 4.69) is 22.9 Å². The Morgan fingerprint density at radius 1 is 1.31 bits per heavy atom.